The fourth-order valence-corrected chi connectivity index (χ4v) is 14.9. The summed E-state index contributed by atoms with van der Waals surface area (Å²) in [6.07, 6.45) is 5.18. The quantitative estimate of drug-likeness (QED) is 0.0691. The predicted molar refractivity (Wildman–Crippen MR) is 219 cm³/mol. The molecular formula is C43H60Cu2N2P2. The minimum absolute atomic E-state index is 0. The molecule has 0 atom stereocenters. The van der Waals surface area contributed by atoms with E-state index in [1.54, 1.807) is 0 Å². The second-order valence-electron chi connectivity index (χ2n) is 14.8. The first kappa shape index (κ1) is 45.1. The molecule has 0 bridgehead atoms. The van der Waals surface area contributed by atoms with Crippen LogP contribution in [0.3, 0.4) is 0 Å². The molecule has 4 aromatic rings. The molecule has 2 radical (unpaired) electrons. The molecule has 0 unspecified atom stereocenters. The summed E-state index contributed by atoms with van der Waals surface area (Å²) in [6, 6.07) is 33.7. The van der Waals surface area contributed by atoms with Crippen molar-refractivity contribution in [2.24, 2.45) is 23.7 Å². The monoisotopic (exact) mass is 792 g/mol. The van der Waals surface area contributed by atoms with Gasteiger partial charge in [-0.15, -0.1) is 35.6 Å². The van der Waals surface area contributed by atoms with Crippen LogP contribution in [0.25, 0.3) is 10.6 Å². The minimum Gasteiger partial charge on any atom is -0.712 e. The first-order chi connectivity index (χ1) is 22.3. The van der Waals surface area contributed by atoms with E-state index in [-0.39, 0.29) is 34.1 Å². The van der Waals surface area contributed by atoms with Crippen LogP contribution in [-0.2, 0) is 34.1 Å². The van der Waals surface area contributed by atoms with E-state index < -0.39 is 15.2 Å². The van der Waals surface area contributed by atoms with E-state index in [0.29, 0.717) is 11.8 Å². The molecule has 4 rings (SSSR count). The van der Waals surface area contributed by atoms with E-state index in [2.05, 4.69) is 137 Å². The molecule has 2 nitrogen and oxygen atoms in total. The SMILES string of the molecule is [CH2-]c1ccccc1[N-]c1ccccc1[P+](C)(CC(C)C)CC(C)C.[CH2-]c1ccccc1[N-]c1ccccc1[PH+](CC(C)C)CC(C)C.[Cu+2].[Cu]. The molecule has 6 heteroatoms. The zero-order chi connectivity index (χ0) is 34.6. The third-order valence-electron chi connectivity index (χ3n) is 8.06. The van der Waals surface area contributed by atoms with Gasteiger partial charge in [0.1, 0.15) is 0 Å². The second-order valence-corrected chi connectivity index (χ2v) is 21.4. The molecule has 4 aromatic carbocycles. The van der Waals surface area contributed by atoms with Gasteiger partial charge in [-0.1, -0.05) is 104 Å². The van der Waals surface area contributed by atoms with Crippen molar-refractivity contribution in [2.45, 2.75) is 55.4 Å². The van der Waals surface area contributed by atoms with E-state index in [1.165, 1.54) is 35.3 Å². The first-order valence-electron chi connectivity index (χ1n) is 17.4. The Bertz CT molecular complexity index is 1500. The number of benzene rings is 4. The topological polar surface area (TPSA) is 28.2 Å². The van der Waals surface area contributed by atoms with Crippen molar-refractivity contribution >= 4 is 48.5 Å². The Morgan fingerprint density at radius 1 is 0.531 bits per heavy atom. The van der Waals surface area contributed by atoms with Crippen LogP contribution < -0.4 is 10.6 Å². The summed E-state index contributed by atoms with van der Waals surface area (Å²) < 4.78 is 0. The minimum atomic E-state index is -1.24. The largest absolute Gasteiger partial charge is 2.00 e. The normalized spacial score (nSPS) is 11.2. The van der Waals surface area contributed by atoms with Crippen molar-refractivity contribution in [1.29, 1.82) is 0 Å². The summed E-state index contributed by atoms with van der Waals surface area (Å²) in [4.78, 5) is 0. The molecule has 0 amide bonds. The Hall–Kier alpha value is -1.88. The van der Waals surface area contributed by atoms with Gasteiger partial charge in [-0.3, -0.25) is 11.4 Å². The Kier molecular flexibility index (Phi) is 20.4. The Labute approximate surface area is 323 Å². The second kappa shape index (κ2) is 22.1. The van der Waals surface area contributed by atoms with Gasteiger partial charge in [0.05, 0.1) is 41.9 Å². The standard InChI is InChI=1S/C22H31NP.C21H28NP.2Cu/c1-17(2)15-24(6,16-18(3)4)22-14-10-9-13-21(22)23-20-12-8-7-11-19(20)5;1-16(2)14-23(15-17(3)4)21-13-9-8-12-20(21)22-19-11-7-6-10-18(19)5;;/h7-14,17-18H,5,15-16H2,1-4,6H3;6-13,16-17H,5,14-15H2,1-4H3;;/q-1;-2;;+2/p+1. The van der Waals surface area contributed by atoms with Gasteiger partial charge in [0.2, 0.25) is 0 Å². The van der Waals surface area contributed by atoms with Crippen molar-refractivity contribution < 1.29 is 34.1 Å². The third-order valence-corrected chi connectivity index (χ3v) is 16.5. The van der Waals surface area contributed by atoms with Gasteiger partial charge in [-0.25, -0.2) is 25.0 Å². The van der Waals surface area contributed by atoms with Gasteiger partial charge in [0.25, 0.3) is 0 Å². The van der Waals surface area contributed by atoms with Crippen LogP contribution in [0.1, 0.15) is 66.5 Å². The van der Waals surface area contributed by atoms with Gasteiger partial charge >= 0.3 is 17.1 Å². The molecule has 0 aliphatic carbocycles. The maximum Gasteiger partial charge on any atom is 2.00 e. The molecule has 0 spiro atoms. The fraction of sp³-hybridized carbons (Fsp3) is 0.395. The zero-order valence-electron chi connectivity index (χ0n) is 31.2. The van der Waals surface area contributed by atoms with Crippen molar-refractivity contribution in [2.75, 3.05) is 31.3 Å². The Balaban J connectivity index is 0.000000471. The van der Waals surface area contributed by atoms with Crippen molar-refractivity contribution in [1.82, 2.24) is 0 Å². The molecular weight excluding hydrogens is 734 g/mol. The van der Waals surface area contributed by atoms with Crippen LogP contribution in [0, 0.1) is 37.5 Å². The summed E-state index contributed by atoms with van der Waals surface area (Å²) in [6.45, 7) is 29.4. The van der Waals surface area contributed by atoms with Gasteiger partial charge in [0.15, 0.2) is 0 Å². The van der Waals surface area contributed by atoms with Crippen LogP contribution in [0.5, 0.6) is 0 Å². The van der Waals surface area contributed by atoms with Crippen molar-refractivity contribution in [3.8, 4) is 0 Å². The molecule has 49 heavy (non-hydrogen) atoms. The molecule has 0 saturated carbocycles. The number of hydrogen-bond donors (Lipinski definition) is 0. The molecule has 0 aliphatic rings. The van der Waals surface area contributed by atoms with Crippen LogP contribution >= 0.6 is 15.2 Å². The van der Waals surface area contributed by atoms with Gasteiger partial charge in [-0.05, 0) is 35.8 Å². The van der Waals surface area contributed by atoms with E-state index >= 15 is 0 Å². The van der Waals surface area contributed by atoms with E-state index in [4.69, 9.17) is 10.6 Å². The Morgan fingerprint density at radius 3 is 1.33 bits per heavy atom. The molecule has 0 aromatic heterocycles. The van der Waals surface area contributed by atoms with Crippen LogP contribution in [0.15, 0.2) is 97.1 Å². The predicted octanol–water partition coefficient (Wildman–Crippen LogP) is 13.1. The summed E-state index contributed by atoms with van der Waals surface area (Å²) in [5.74, 6) is 2.87. The maximum absolute atomic E-state index is 4.99. The third kappa shape index (κ3) is 14.7. The summed E-state index contributed by atoms with van der Waals surface area (Å²) in [5.41, 5.74) is 6.20. The molecule has 0 heterocycles. The number of rotatable bonds is 14. The van der Waals surface area contributed by atoms with Crippen LogP contribution in [0.2, 0.25) is 0 Å². The summed E-state index contributed by atoms with van der Waals surface area (Å²) in [7, 11) is -1.83. The molecule has 0 N–H and O–H groups in total. The van der Waals surface area contributed by atoms with Gasteiger partial charge < -0.3 is 10.6 Å². The molecule has 0 saturated heterocycles. The average molecular weight is 794 g/mol. The van der Waals surface area contributed by atoms with E-state index in [1.807, 2.05) is 36.4 Å². The smallest absolute Gasteiger partial charge is 0.712 e. The van der Waals surface area contributed by atoms with Gasteiger partial charge in [-0.2, -0.15) is 12.1 Å². The molecule has 0 fully saturated rings. The number of nitrogens with zero attached hydrogens (tertiary/aromatic N) is 2. The average Bonchev–Trinajstić information content (AvgIpc) is 2.99. The van der Waals surface area contributed by atoms with Crippen LogP contribution in [0.4, 0.5) is 22.7 Å². The van der Waals surface area contributed by atoms with E-state index in [0.717, 1.165) is 45.7 Å². The van der Waals surface area contributed by atoms with Crippen molar-refractivity contribution in [3.05, 3.63) is 133 Å². The Morgan fingerprint density at radius 2 is 0.898 bits per heavy atom. The van der Waals surface area contributed by atoms with Gasteiger partial charge in [0, 0.05) is 32.3 Å². The number of hydrogen-bond acceptors (Lipinski definition) is 0. The first-order valence-corrected chi connectivity index (χ1v) is 21.9. The van der Waals surface area contributed by atoms with E-state index in [9.17, 15) is 0 Å². The molecule has 274 valence electrons. The maximum atomic E-state index is 4.99. The molecule has 0 aliphatic heterocycles. The number of para-hydroxylation sites is 4. The zero-order valence-corrected chi connectivity index (χ0v) is 35.0. The summed E-state index contributed by atoms with van der Waals surface area (Å²) in [5, 5.41) is 12.9. The fourth-order valence-electron chi connectivity index (χ4n) is 6.56. The summed E-state index contributed by atoms with van der Waals surface area (Å²) >= 11 is 0. The van der Waals surface area contributed by atoms with Crippen LogP contribution in [-0.4, -0.2) is 31.3 Å². The van der Waals surface area contributed by atoms with Crippen molar-refractivity contribution in [3.63, 3.8) is 0 Å².